The standard InChI is InChI=1S/C19H16N4O2/c1-12-8-13-4-2-3-5-17(13)23(19(12)25)11-18(24)21-15-7-6-14-10-20-22-16(14)9-15/h2-10H,11H2,1H3,(H,20,22)(H,21,24). The van der Waals surface area contributed by atoms with Crippen molar-refractivity contribution in [3.8, 4) is 0 Å². The Morgan fingerprint density at radius 2 is 2.00 bits per heavy atom. The summed E-state index contributed by atoms with van der Waals surface area (Å²) in [4.78, 5) is 24.9. The number of para-hydroxylation sites is 1. The summed E-state index contributed by atoms with van der Waals surface area (Å²) in [6, 6.07) is 14.9. The number of benzene rings is 2. The van der Waals surface area contributed by atoms with Crippen LogP contribution in [0.15, 0.2) is 59.5 Å². The molecule has 2 heterocycles. The predicted octanol–water partition coefficient (Wildman–Crippen LogP) is 2.82. The van der Waals surface area contributed by atoms with E-state index in [1.165, 1.54) is 4.57 Å². The molecule has 0 saturated heterocycles. The second-order valence-electron chi connectivity index (χ2n) is 6.00. The molecule has 6 heteroatoms. The van der Waals surface area contributed by atoms with Crippen molar-refractivity contribution in [1.29, 1.82) is 0 Å². The molecule has 124 valence electrons. The van der Waals surface area contributed by atoms with E-state index in [-0.39, 0.29) is 18.0 Å². The number of nitrogens with zero attached hydrogens (tertiary/aromatic N) is 2. The minimum absolute atomic E-state index is 0.0396. The molecular weight excluding hydrogens is 316 g/mol. The first kappa shape index (κ1) is 15.1. The molecule has 0 bridgehead atoms. The van der Waals surface area contributed by atoms with E-state index in [1.54, 1.807) is 13.1 Å². The van der Waals surface area contributed by atoms with Crippen LogP contribution in [0.3, 0.4) is 0 Å². The highest BCUT2D eigenvalue weighted by molar-refractivity contribution is 5.94. The second kappa shape index (κ2) is 5.90. The van der Waals surface area contributed by atoms with E-state index in [1.807, 2.05) is 48.5 Å². The molecule has 2 aromatic carbocycles. The van der Waals surface area contributed by atoms with Crippen molar-refractivity contribution in [3.05, 3.63) is 70.6 Å². The number of rotatable bonds is 3. The molecule has 0 atom stereocenters. The molecule has 4 rings (SSSR count). The Bertz CT molecular complexity index is 1160. The van der Waals surface area contributed by atoms with Crippen LogP contribution in [0, 0.1) is 6.92 Å². The Hall–Kier alpha value is -3.41. The van der Waals surface area contributed by atoms with Gasteiger partial charge in [0.25, 0.3) is 5.56 Å². The van der Waals surface area contributed by atoms with Crippen molar-refractivity contribution in [3.63, 3.8) is 0 Å². The summed E-state index contributed by atoms with van der Waals surface area (Å²) in [6.45, 7) is 1.72. The van der Waals surface area contributed by atoms with E-state index >= 15 is 0 Å². The Morgan fingerprint density at radius 1 is 1.16 bits per heavy atom. The van der Waals surface area contributed by atoms with Gasteiger partial charge in [-0.15, -0.1) is 0 Å². The van der Waals surface area contributed by atoms with Crippen molar-refractivity contribution >= 4 is 33.4 Å². The maximum atomic E-state index is 12.5. The van der Waals surface area contributed by atoms with Gasteiger partial charge in [0.05, 0.1) is 17.2 Å². The van der Waals surface area contributed by atoms with Gasteiger partial charge in [0.15, 0.2) is 0 Å². The lowest BCUT2D eigenvalue weighted by Crippen LogP contribution is -2.29. The molecule has 0 aliphatic heterocycles. The Balaban J connectivity index is 1.65. The van der Waals surface area contributed by atoms with Crippen LogP contribution < -0.4 is 10.9 Å². The average Bonchev–Trinajstić information content (AvgIpc) is 3.06. The van der Waals surface area contributed by atoms with E-state index in [4.69, 9.17) is 0 Å². The predicted molar refractivity (Wildman–Crippen MR) is 97.7 cm³/mol. The van der Waals surface area contributed by atoms with Gasteiger partial charge in [0.2, 0.25) is 5.91 Å². The number of aromatic amines is 1. The number of carbonyl (C=O) groups excluding carboxylic acids is 1. The van der Waals surface area contributed by atoms with Crippen LogP contribution in [0.5, 0.6) is 0 Å². The molecule has 1 amide bonds. The van der Waals surface area contributed by atoms with Gasteiger partial charge in [-0.25, -0.2) is 0 Å². The van der Waals surface area contributed by atoms with Crippen LogP contribution in [0.4, 0.5) is 5.69 Å². The van der Waals surface area contributed by atoms with Gasteiger partial charge in [-0.05, 0) is 42.6 Å². The van der Waals surface area contributed by atoms with E-state index in [9.17, 15) is 9.59 Å². The fourth-order valence-electron chi connectivity index (χ4n) is 2.99. The zero-order chi connectivity index (χ0) is 17.4. The lowest BCUT2D eigenvalue weighted by Gasteiger charge is -2.12. The average molecular weight is 332 g/mol. The van der Waals surface area contributed by atoms with Crippen molar-refractivity contribution in [2.45, 2.75) is 13.5 Å². The van der Waals surface area contributed by atoms with Crippen LogP contribution in [0.2, 0.25) is 0 Å². The fraction of sp³-hybridized carbons (Fsp3) is 0.105. The highest BCUT2D eigenvalue weighted by Crippen LogP contribution is 2.17. The minimum atomic E-state index is -0.253. The summed E-state index contributed by atoms with van der Waals surface area (Å²) in [5.41, 5.74) is 2.71. The number of nitrogens with one attached hydrogen (secondary N) is 2. The van der Waals surface area contributed by atoms with Crippen molar-refractivity contribution < 1.29 is 4.79 Å². The largest absolute Gasteiger partial charge is 0.324 e. The van der Waals surface area contributed by atoms with Gasteiger partial charge in [0.1, 0.15) is 6.54 Å². The Morgan fingerprint density at radius 3 is 2.88 bits per heavy atom. The van der Waals surface area contributed by atoms with Gasteiger partial charge in [-0.2, -0.15) is 5.10 Å². The van der Waals surface area contributed by atoms with E-state index in [2.05, 4.69) is 15.5 Å². The summed E-state index contributed by atoms with van der Waals surface area (Å²) >= 11 is 0. The monoisotopic (exact) mass is 332 g/mol. The first-order valence-corrected chi connectivity index (χ1v) is 7.94. The summed E-state index contributed by atoms with van der Waals surface area (Å²) in [5.74, 6) is -0.253. The lowest BCUT2D eigenvalue weighted by atomic mass is 10.1. The number of carbonyl (C=O) groups is 1. The number of pyridine rings is 1. The van der Waals surface area contributed by atoms with E-state index in [0.29, 0.717) is 11.3 Å². The number of H-pyrrole nitrogens is 1. The first-order valence-electron chi connectivity index (χ1n) is 7.94. The molecule has 4 aromatic rings. The number of aromatic nitrogens is 3. The van der Waals surface area contributed by atoms with Crippen molar-refractivity contribution in [2.75, 3.05) is 5.32 Å². The summed E-state index contributed by atoms with van der Waals surface area (Å²) < 4.78 is 1.51. The molecule has 0 fully saturated rings. The maximum Gasteiger partial charge on any atom is 0.254 e. The number of fused-ring (bicyclic) bond motifs is 2. The third kappa shape index (κ3) is 2.78. The number of hydrogen-bond acceptors (Lipinski definition) is 3. The van der Waals surface area contributed by atoms with E-state index < -0.39 is 0 Å². The highest BCUT2D eigenvalue weighted by Gasteiger charge is 2.11. The fourth-order valence-corrected chi connectivity index (χ4v) is 2.99. The minimum Gasteiger partial charge on any atom is -0.324 e. The SMILES string of the molecule is Cc1cc2ccccc2n(CC(=O)Nc2ccc3cn[nH]c3c2)c1=O. The second-order valence-corrected chi connectivity index (χ2v) is 6.00. The number of anilines is 1. The third-order valence-corrected chi connectivity index (χ3v) is 4.21. The van der Waals surface area contributed by atoms with Crippen LogP contribution in [0.25, 0.3) is 21.8 Å². The molecule has 2 N–H and O–H groups in total. The van der Waals surface area contributed by atoms with Gasteiger partial charge in [-0.1, -0.05) is 18.2 Å². The maximum absolute atomic E-state index is 12.5. The summed E-state index contributed by atoms with van der Waals surface area (Å²) in [7, 11) is 0. The number of aryl methyl sites for hydroxylation is 1. The topological polar surface area (TPSA) is 79.8 Å². The van der Waals surface area contributed by atoms with Crippen LogP contribution in [-0.2, 0) is 11.3 Å². The molecule has 0 aliphatic carbocycles. The molecule has 25 heavy (non-hydrogen) atoms. The van der Waals surface area contributed by atoms with Gasteiger partial charge < -0.3 is 5.32 Å². The lowest BCUT2D eigenvalue weighted by molar-refractivity contribution is -0.116. The van der Waals surface area contributed by atoms with Crippen molar-refractivity contribution in [2.24, 2.45) is 0 Å². The molecular formula is C19H16N4O2. The number of hydrogen-bond donors (Lipinski definition) is 2. The van der Waals surface area contributed by atoms with Crippen LogP contribution >= 0.6 is 0 Å². The zero-order valence-corrected chi connectivity index (χ0v) is 13.6. The van der Waals surface area contributed by atoms with Crippen LogP contribution in [-0.4, -0.2) is 20.7 Å². The smallest absolute Gasteiger partial charge is 0.254 e. The first-order chi connectivity index (χ1) is 12.1. The zero-order valence-electron chi connectivity index (χ0n) is 13.6. The van der Waals surface area contributed by atoms with Crippen LogP contribution in [0.1, 0.15) is 5.56 Å². The molecule has 0 unspecified atom stereocenters. The molecule has 6 nitrogen and oxygen atoms in total. The summed E-state index contributed by atoms with van der Waals surface area (Å²) in [6.07, 6.45) is 1.72. The normalized spacial score (nSPS) is 11.1. The molecule has 0 radical (unpaired) electrons. The Kier molecular flexibility index (Phi) is 3.57. The summed E-state index contributed by atoms with van der Waals surface area (Å²) in [5, 5.41) is 11.6. The Labute approximate surface area is 143 Å². The van der Waals surface area contributed by atoms with E-state index in [0.717, 1.165) is 21.8 Å². The third-order valence-electron chi connectivity index (χ3n) is 4.21. The quantitative estimate of drug-likeness (QED) is 0.605. The molecule has 2 aromatic heterocycles. The molecule has 0 spiro atoms. The van der Waals surface area contributed by atoms with Gasteiger partial charge >= 0.3 is 0 Å². The highest BCUT2D eigenvalue weighted by atomic mass is 16.2. The van der Waals surface area contributed by atoms with Gasteiger partial charge in [-0.3, -0.25) is 19.3 Å². The number of amides is 1. The van der Waals surface area contributed by atoms with Crippen molar-refractivity contribution in [1.82, 2.24) is 14.8 Å². The molecule has 0 aliphatic rings. The van der Waals surface area contributed by atoms with Gasteiger partial charge in [0, 0.05) is 16.6 Å². The molecule has 0 saturated carbocycles.